The van der Waals surface area contributed by atoms with Crippen molar-refractivity contribution < 1.29 is 8.82 Å². The molecule has 158 valence electrons. The van der Waals surface area contributed by atoms with Crippen LogP contribution in [-0.2, 0) is 4.43 Å². The van der Waals surface area contributed by atoms with Gasteiger partial charge in [-0.05, 0) is 34.8 Å². The van der Waals surface area contributed by atoms with Gasteiger partial charge in [0.2, 0.25) is 0 Å². The molecule has 0 spiro atoms. The van der Waals surface area contributed by atoms with E-state index >= 15 is 4.39 Å². The zero-order valence-corrected chi connectivity index (χ0v) is 19.3. The Balaban J connectivity index is 1.75. The quantitative estimate of drug-likeness (QED) is 0.552. The highest BCUT2D eigenvalue weighted by molar-refractivity contribution is 6.99. The Morgan fingerprint density at radius 3 is 1.97 bits per heavy atom. The van der Waals surface area contributed by atoms with Gasteiger partial charge >= 0.3 is 0 Å². The third-order valence-electron chi connectivity index (χ3n) is 6.27. The molecular weight excluding hydrogens is 391 g/mol. The van der Waals surface area contributed by atoms with Crippen LogP contribution in [0, 0.1) is 6.92 Å². The van der Waals surface area contributed by atoms with Crippen LogP contribution in [0.4, 0.5) is 4.39 Å². The third-order valence-corrected chi connectivity index (χ3v) is 11.3. The molecule has 0 radical (unpaired) electrons. The van der Waals surface area contributed by atoms with Crippen molar-refractivity contribution in [2.45, 2.75) is 63.9 Å². The molecule has 1 fully saturated rings. The molecule has 2 aromatic carbocycles. The fourth-order valence-electron chi connectivity index (χ4n) is 4.82. The number of rotatable bonds is 5. The number of aromatic nitrogens is 2. The molecule has 1 aliphatic rings. The van der Waals surface area contributed by atoms with Gasteiger partial charge in [0.05, 0.1) is 17.8 Å². The molecule has 3 nitrogen and oxygen atoms in total. The Bertz CT molecular complexity index is 928. The maximum atomic E-state index is 15.3. The zero-order chi connectivity index (χ0) is 21.4. The molecule has 1 aliphatic carbocycles. The first-order valence-corrected chi connectivity index (χ1v) is 12.7. The van der Waals surface area contributed by atoms with Crippen LogP contribution in [-0.4, -0.2) is 30.4 Å². The van der Waals surface area contributed by atoms with Crippen LogP contribution in [0.25, 0.3) is 0 Å². The monoisotopic (exact) mass is 422 g/mol. The lowest BCUT2D eigenvalue weighted by atomic mass is 10.2. The SMILES string of the molecule is Cc1ccn(C2CC(F)C(O[Si](c3ccccc3)(c3ccccc3)C(C)(C)C)C2)n1. The highest BCUT2D eigenvalue weighted by atomic mass is 28.4. The summed E-state index contributed by atoms with van der Waals surface area (Å²) in [5, 5.41) is 6.75. The van der Waals surface area contributed by atoms with Crippen LogP contribution >= 0.6 is 0 Å². The number of benzene rings is 2. The summed E-state index contributed by atoms with van der Waals surface area (Å²) in [5.41, 5.74) is 0.960. The lowest BCUT2D eigenvalue weighted by Gasteiger charge is -2.45. The normalized spacial score (nSPS) is 22.4. The van der Waals surface area contributed by atoms with Crippen molar-refractivity contribution in [3.05, 3.63) is 78.6 Å². The fraction of sp³-hybridized carbons (Fsp3) is 0.400. The number of aryl methyl sites for hydroxylation is 1. The van der Waals surface area contributed by atoms with E-state index < -0.39 is 20.6 Å². The Morgan fingerprint density at radius 1 is 0.933 bits per heavy atom. The second-order valence-electron chi connectivity index (χ2n) is 9.40. The molecule has 0 amide bonds. The van der Waals surface area contributed by atoms with E-state index in [1.165, 1.54) is 10.4 Å². The van der Waals surface area contributed by atoms with Gasteiger partial charge in [-0.15, -0.1) is 0 Å². The predicted octanol–water partition coefficient (Wildman–Crippen LogP) is 4.81. The molecule has 3 atom stereocenters. The lowest BCUT2D eigenvalue weighted by Crippen LogP contribution is -2.68. The summed E-state index contributed by atoms with van der Waals surface area (Å²) in [6.07, 6.45) is 1.61. The van der Waals surface area contributed by atoms with Crippen molar-refractivity contribution in [3.63, 3.8) is 0 Å². The number of nitrogens with zero attached hydrogens (tertiary/aromatic N) is 2. The zero-order valence-electron chi connectivity index (χ0n) is 18.3. The van der Waals surface area contributed by atoms with Gasteiger partial charge in [0.15, 0.2) is 0 Å². The molecule has 0 bridgehead atoms. The molecule has 0 saturated heterocycles. The summed E-state index contributed by atoms with van der Waals surface area (Å²) < 4.78 is 24.3. The van der Waals surface area contributed by atoms with E-state index in [2.05, 4.69) is 74.4 Å². The molecule has 3 unspecified atom stereocenters. The molecule has 1 aromatic heterocycles. The van der Waals surface area contributed by atoms with Crippen molar-refractivity contribution >= 4 is 18.7 Å². The Hall–Kier alpha value is -2.24. The molecule has 1 saturated carbocycles. The van der Waals surface area contributed by atoms with Gasteiger partial charge in [-0.25, -0.2) is 4.39 Å². The minimum absolute atomic E-state index is 0.0388. The van der Waals surface area contributed by atoms with Crippen molar-refractivity contribution in [1.82, 2.24) is 9.78 Å². The van der Waals surface area contributed by atoms with Crippen molar-refractivity contribution in [2.75, 3.05) is 0 Å². The maximum Gasteiger partial charge on any atom is 0.261 e. The van der Waals surface area contributed by atoms with E-state index in [-0.39, 0.29) is 11.1 Å². The fourth-order valence-corrected chi connectivity index (χ4v) is 9.53. The molecule has 4 rings (SSSR count). The van der Waals surface area contributed by atoms with E-state index in [1.54, 1.807) is 0 Å². The van der Waals surface area contributed by atoms with Crippen LogP contribution in [0.3, 0.4) is 0 Å². The van der Waals surface area contributed by atoms with Gasteiger partial charge in [-0.3, -0.25) is 4.68 Å². The summed E-state index contributed by atoms with van der Waals surface area (Å²) in [4.78, 5) is 0. The summed E-state index contributed by atoms with van der Waals surface area (Å²) >= 11 is 0. The lowest BCUT2D eigenvalue weighted by molar-refractivity contribution is 0.115. The summed E-state index contributed by atoms with van der Waals surface area (Å²) in [5.74, 6) is 0. The van der Waals surface area contributed by atoms with Crippen molar-refractivity contribution in [2.24, 2.45) is 0 Å². The molecule has 5 heteroatoms. The van der Waals surface area contributed by atoms with Gasteiger partial charge in [-0.1, -0.05) is 81.4 Å². The Kier molecular flexibility index (Phi) is 5.69. The first-order chi connectivity index (χ1) is 14.3. The summed E-state index contributed by atoms with van der Waals surface area (Å²) in [6, 6.07) is 22.9. The topological polar surface area (TPSA) is 27.1 Å². The second kappa shape index (κ2) is 8.12. The van der Waals surface area contributed by atoms with E-state index in [0.29, 0.717) is 12.8 Å². The van der Waals surface area contributed by atoms with Crippen LogP contribution in [0.1, 0.15) is 45.3 Å². The highest BCUT2D eigenvalue weighted by Crippen LogP contribution is 2.42. The summed E-state index contributed by atoms with van der Waals surface area (Å²) in [6.45, 7) is 8.66. The van der Waals surface area contributed by atoms with Crippen molar-refractivity contribution in [1.29, 1.82) is 0 Å². The van der Waals surface area contributed by atoms with Crippen LogP contribution in [0.15, 0.2) is 72.9 Å². The van der Waals surface area contributed by atoms with E-state index in [1.807, 2.05) is 36.0 Å². The Labute approximate surface area is 180 Å². The molecular formula is C25H31FN2OSi. The van der Waals surface area contributed by atoms with Crippen LogP contribution in [0.2, 0.25) is 5.04 Å². The number of hydrogen-bond donors (Lipinski definition) is 0. The number of alkyl halides is 1. The van der Waals surface area contributed by atoms with E-state index in [0.717, 1.165) is 5.69 Å². The minimum atomic E-state index is -2.75. The molecule has 1 heterocycles. The average molecular weight is 423 g/mol. The van der Waals surface area contributed by atoms with Crippen LogP contribution in [0.5, 0.6) is 0 Å². The minimum Gasteiger partial charge on any atom is -0.401 e. The highest BCUT2D eigenvalue weighted by Gasteiger charge is 2.53. The van der Waals surface area contributed by atoms with Gasteiger partial charge in [0, 0.05) is 12.6 Å². The first kappa shape index (κ1) is 21.0. The molecule has 3 aromatic rings. The van der Waals surface area contributed by atoms with Gasteiger partial charge < -0.3 is 4.43 Å². The maximum absolute atomic E-state index is 15.3. The Morgan fingerprint density at radius 2 is 1.50 bits per heavy atom. The first-order valence-electron chi connectivity index (χ1n) is 10.8. The second-order valence-corrected chi connectivity index (χ2v) is 13.7. The van der Waals surface area contributed by atoms with Gasteiger partial charge in [0.1, 0.15) is 6.17 Å². The standard InChI is InChI=1S/C25H31FN2OSi/c1-19-15-16-28(27-19)20-17-23(26)24(18-20)29-30(25(2,3)4,21-11-7-5-8-12-21)22-13-9-6-10-14-22/h5-16,20,23-24H,17-18H2,1-4H3. The van der Waals surface area contributed by atoms with Gasteiger partial charge in [-0.2, -0.15) is 5.10 Å². The largest absolute Gasteiger partial charge is 0.401 e. The third kappa shape index (κ3) is 3.76. The van der Waals surface area contributed by atoms with E-state index in [4.69, 9.17) is 4.43 Å². The predicted molar refractivity (Wildman–Crippen MR) is 123 cm³/mol. The van der Waals surface area contributed by atoms with E-state index in [9.17, 15) is 0 Å². The summed E-state index contributed by atoms with van der Waals surface area (Å²) in [7, 11) is -2.75. The smallest absolute Gasteiger partial charge is 0.261 e. The number of halogens is 1. The van der Waals surface area contributed by atoms with Gasteiger partial charge in [0.25, 0.3) is 8.32 Å². The molecule has 0 N–H and O–H groups in total. The average Bonchev–Trinajstić information content (AvgIpc) is 3.32. The number of hydrogen-bond acceptors (Lipinski definition) is 2. The van der Waals surface area contributed by atoms with Crippen LogP contribution < -0.4 is 10.4 Å². The molecule has 0 aliphatic heterocycles. The van der Waals surface area contributed by atoms with Crippen molar-refractivity contribution in [3.8, 4) is 0 Å². The molecule has 30 heavy (non-hydrogen) atoms.